The molecule has 4 heteroatoms. The molecule has 0 saturated heterocycles. The molecule has 1 aromatic carbocycles. The molecule has 0 aliphatic rings. The molecule has 104 valence electrons. The van der Waals surface area contributed by atoms with Crippen LogP contribution in [0.5, 0.6) is 0 Å². The molecule has 0 fully saturated rings. The average molecular weight is 263 g/mol. The number of carbonyl (C=O) groups is 2. The Bertz CT molecular complexity index is 448. The lowest BCUT2D eigenvalue weighted by Gasteiger charge is -2.36. The molecule has 0 saturated carbocycles. The largest absolute Gasteiger partial charge is 0.480 e. The lowest BCUT2D eigenvalue weighted by Crippen LogP contribution is -2.49. The second-order valence-electron chi connectivity index (χ2n) is 5.62. The Morgan fingerprint density at radius 2 is 1.74 bits per heavy atom. The van der Waals surface area contributed by atoms with Crippen LogP contribution in [0.2, 0.25) is 0 Å². The lowest BCUT2D eigenvalue weighted by molar-refractivity contribution is -0.148. The molecule has 0 aliphatic carbocycles. The second kappa shape index (κ2) is 5.87. The van der Waals surface area contributed by atoms with E-state index >= 15 is 0 Å². The molecule has 4 nitrogen and oxygen atoms in total. The predicted molar refractivity (Wildman–Crippen MR) is 74.0 cm³/mol. The van der Waals surface area contributed by atoms with E-state index in [9.17, 15) is 9.59 Å². The van der Waals surface area contributed by atoms with Crippen molar-refractivity contribution in [3.8, 4) is 0 Å². The zero-order chi connectivity index (χ0) is 14.6. The van der Waals surface area contributed by atoms with Gasteiger partial charge in [0.2, 0.25) is 5.91 Å². The summed E-state index contributed by atoms with van der Waals surface area (Å²) in [6.45, 7) is 7.04. The Balaban J connectivity index is 2.97. The summed E-state index contributed by atoms with van der Waals surface area (Å²) < 4.78 is 0. The number of carboxylic acid groups (broad SMARTS) is 1. The third kappa shape index (κ3) is 4.09. The highest BCUT2D eigenvalue weighted by Gasteiger charge is 2.31. The molecule has 0 bridgehead atoms. The van der Waals surface area contributed by atoms with Gasteiger partial charge in [-0.3, -0.25) is 9.59 Å². The van der Waals surface area contributed by atoms with Crippen molar-refractivity contribution in [2.75, 3.05) is 6.54 Å². The molecule has 19 heavy (non-hydrogen) atoms. The quantitative estimate of drug-likeness (QED) is 0.908. The lowest BCUT2D eigenvalue weighted by atomic mass is 9.96. The van der Waals surface area contributed by atoms with Gasteiger partial charge >= 0.3 is 5.97 Å². The molecule has 0 aromatic heterocycles. The molecule has 0 aliphatic heterocycles. The maximum absolute atomic E-state index is 12.5. The van der Waals surface area contributed by atoms with Crippen LogP contribution in [-0.2, 0) is 9.59 Å². The van der Waals surface area contributed by atoms with Crippen LogP contribution in [0, 0.1) is 0 Å². The second-order valence-corrected chi connectivity index (χ2v) is 5.62. The number of aliphatic carboxylic acids is 1. The third-order valence-corrected chi connectivity index (χ3v) is 3.04. The fraction of sp³-hybridized carbons (Fsp3) is 0.467. The highest BCUT2D eigenvalue weighted by molar-refractivity contribution is 5.87. The van der Waals surface area contributed by atoms with Gasteiger partial charge < -0.3 is 10.0 Å². The van der Waals surface area contributed by atoms with Crippen molar-refractivity contribution in [3.05, 3.63) is 35.9 Å². The summed E-state index contributed by atoms with van der Waals surface area (Å²) in [5, 5.41) is 8.95. The van der Waals surface area contributed by atoms with E-state index in [-0.39, 0.29) is 18.4 Å². The van der Waals surface area contributed by atoms with E-state index in [1.807, 2.05) is 51.1 Å². The highest BCUT2D eigenvalue weighted by Crippen LogP contribution is 2.22. The fourth-order valence-electron chi connectivity index (χ4n) is 1.90. The SMILES string of the molecule is CC(C(=O)N(CC(=O)O)C(C)(C)C)c1ccccc1. The van der Waals surface area contributed by atoms with E-state index < -0.39 is 11.5 Å². The third-order valence-electron chi connectivity index (χ3n) is 3.04. The monoisotopic (exact) mass is 263 g/mol. The zero-order valence-corrected chi connectivity index (χ0v) is 11.9. The molecular formula is C15H21NO3. The van der Waals surface area contributed by atoms with Crippen molar-refractivity contribution in [2.45, 2.75) is 39.2 Å². The minimum atomic E-state index is -0.997. The van der Waals surface area contributed by atoms with Gasteiger partial charge in [0.05, 0.1) is 5.92 Å². The van der Waals surface area contributed by atoms with Crippen LogP contribution in [0.15, 0.2) is 30.3 Å². The van der Waals surface area contributed by atoms with Crippen LogP contribution in [-0.4, -0.2) is 34.0 Å². The molecule has 1 amide bonds. The van der Waals surface area contributed by atoms with Gasteiger partial charge in [-0.25, -0.2) is 0 Å². The summed E-state index contributed by atoms with van der Waals surface area (Å²) in [5.41, 5.74) is 0.380. The molecule has 1 unspecified atom stereocenters. The van der Waals surface area contributed by atoms with Crippen LogP contribution in [0.4, 0.5) is 0 Å². The first-order chi connectivity index (χ1) is 8.73. The van der Waals surface area contributed by atoms with Crippen LogP contribution in [0.1, 0.15) is 39.2 Å². The number of nitrogens with zero attached hydrogens (tertiary/aromatic N) is 1. The van der Waals surface area contributed by atoms with Gasteiger partial charge in [-0.2, -0.15) is 0 Å². The van der Waals surface area contributed by atoms with Crippen molar-refractivity contribution in [2.24, 2.45) is 0 Å². The summed E-state index contributed by atoms with van der Waals surface area (Å²) in [5.74, 6) is -1.51. The van der Waals surface area contributed by atoms with E-state index in [0.717, 1.165) is 5.56 Å². The summed E-state index contributed by atoms with van der Waals surface area (Å²) in [6.07, 6.45) is 0. The summed E-state index contributed by atoms with van der Waals surface area (Å²) in [7, 11) is 0. The van der Waals surface area contributed by atoms with Gasteiger partial charge in [-0.1, -0.05) is 30.3 Å². The van der Waals surface area contributed by atoms with Gasteiger partial charge in [-0.05, 0) is 33.3 Å². The molecule has 0 spiro atoms. The number of hydrogen-bond donors (Lipinski definition) is 1. The Hall–Kier alpha value is -1.84. The maximum atomic E-state index is 12.5. The smallest absolute Gasteiger partial charge is 0.323 e. The number of carboxylic acids is 1. The van der Waals surface area contributed by atoms with Crippen molar-refractivity contribution >= 4 is 11.9 Å². The van der Waals surface area contributed by atoms with Crippen LogP contribution >= 0.6 is 0 Å². The number of amides is 1. The topological polar surface area (TPSA) is 57.6 Å². The maximum Gasteiger partial charge on any atom is 0.323 e. The van der Waals surface area contributed by atoms with Gasteiger partial charge in [0, 0.05) is 5.54 Å². The summed E-state index contributed by atoms with van der Waals surface area (Å²) in [6, 6.07) is 9.39. The number of benzene rings is 1. The molecule has 1 N–H and O–H groups in total. The fourth-order valence-corrected chi connectivity index (χ4v) is 1.90. The minimum Gasteiger partial charge on any atom is -0.480 e. The molecule has 1 aromatic rings. The van der Waals surface area contributed by atoms with Gasteiger partial charge in [-0.15, -0.1) is 0 Å². The molecule has 0 heterocycles. The van der Waals surface area contributed by atoms with E-state index in [4.69, 9.17) is 5.11 Å². The zero-order valence-electron chi connectivity index (χ0n) is 11.9. The molecule has 1 rings (SSSR count). The molecule has 0 radical (unpaired) electrons. The first-order valence-electron chi connectivity index (χ1n) is 6.31. The van der Waals surface area contributed by atoms with Crippen molar-refractivity contribution in [1.82, 2.24) is 4.90 Å². The Morgan fingerprint density at radius 1 is 1.21 bits per heavy atom. The standard InChI is InChI=1S/C15H21NO3/c1-11(12-8-6-5-7-9-12)14(19)16(10-13(17)18)15(2,3)4/h5-9,11H,10H2,1-4H3,(H,17,18). The Kier molecular flexibility index (Phi) is 4.70. The highest BCUT2D eigenvalue weighted by atomic mass is 16.4. The van der Waals surface area contributed by atoms with E-state index in [2.05, 4.69) is 0 Å². The summed E-state index contributed by atoms with van der Waals surface area (Å²) >= 11 is 0. The van der Waals surface area contributed by atoms with Gasteiger partial charge in [0.25, 0.3) is 0 Å². The van der Waals surface area contributed by atoms with Gasteiger partial charge in [0.15, 0.2) is 0 Å². The first-order valence-corrected chi connectivity index (χ1v) is 6.31. The number of rotatable bonds is 4. The molecule has 1 atom stereocenters. The Morgan fingerprint density at radius 3 is 2.16 bits per heavy atom. The van der Waals surface area contributed by atoms with Crippen molar-refractivity contribution in [1.29, 1.82) is 0 Å². The summed E-state index contributed by atoms with van der Waals surface area (Å²) in [4.78, 5) is 24.8. The normalized spacial score (nSPS) is 12.8. The number of hydrogen-bond acceptors (Lipinski definition) is 2. The van der Waals surface area contributed by atoms with Crippen LogP contribution in [0.3, 0.4) is 0 Å². The van der Waals surface area contributed by atoms with Crippen LogP contribution < -0.4 is 0 Å². The predicted octanol–water partition coefficient (Wildman–Crippen LogP) is 2.50. The van der Waals surface area contributed by atoms with Gasteiger partial charge in [0.1, 0.15) is 6.54 Å². The first kappa shape index (κ1) is 15.2. The Labute approximate surface area is 114 Å². The minimum absolute atomic E-state index is 0.166. The van der Waals surface area contributed by atoms with Crippen molar-refractivity contribution < 1.29 is 14.7 Å². The molecular weight excluding hydrogens is 242 g/mol. The van der Waals surface area contributed by atoms with E-state index in [1.165, 1.54) is 4.90 Å². The number of carbonyl (C=O) groups excluding carboxylic acids is 1. The van der Waals surface area contributed by atoms with Crippen molar-refractivity contribution in [3.63, 3.8) is 0 Å². The van der Waals surface area contributed by atoms with E-state index in [1.54, 1.807) is 6.92 Å². The van der Waals surface area contributed by atoms with Crippen LogP contribution in [0.25, 0.3) is 0 Å². The average Bonchev–Trinajstić information content (AvgIpc) is 2.34. The van der Waals surface area contributed by atoms with E-state index in [0.29, 0.717) is 0 Å².